The van der Waals surface area contributed by atoms with Crippen LogP contribution in [0, 0.1) is 0 Å². The lowest BCUT2D eigenvalue weighted by atomic mass is 10.2. The molecule has 24 heavy (non-hydrogen) atoms. The van der Waals surface area contributed by atoms with Crippen LogP contribution in [0.2, 0.25) is 0 Å². The van der Waals surface area contributed by atoms with Crippen LogP contribution in [0.4, 0.5) is 5.13 Å². The first-order chi connectivity index (χ1) is 11.7. The smallest absolute Gasteiger partial charge is 0.257 e. The molecule has 0 fully saturated rings. The van der Waals surface area contributed by atoms with Gasteiger partial charge in [-0.05, 0) is 36.4 Å². The highest BCUT2D eigenvalue weighted by atomic mass is 32.1. The van der Waals surface area contributed by atoms with Gasteiger partial charge < -0.3 is 9.47 Å². The Balaban J connectivity index is 1.74. The molecule has 0 aliphatic carbocycles. The molecule has 1 heterocycles. The van der Waals surface area contributed by atoms with Gasteiger partial charge in [0, 0.05) is 16.5 Å². The molecule has 0 unspecified atom stereocenters. The number of carbonyl (C=O) groups is 1. The van der Waals surface area contributed by atoms with Crippen LogP contribution in [0.1, 0.15) is 10.4 Å². The Bertz CT molecular complexity index is 843. The summed E-state index contributed by atoms with van der Waals surface area (Å²) in [4.78, 5) is 16.7. The Hall–Kier alpha value is -2.86. The number of ether oxygens (including phenoxy) is 2. The zero-order valence-electron chi connectivity index (χ0n) is 13.3. The highest BCUT2D eigenvalue weighted by Crippen LogP contribution is 2.27. The van der Waals surface area contributed by atoms with Gasteiger partial charge in [-0.15, -0.1) is 11.3 Å². The van der Waals surface area contributed by atoms with E-state index < -0.39 is 0 Å². The molecule has 1 N–H and O–H groups in total. The molecule has 1 amide bonds. The Labute approximate surface area is 143 Å². The number of methoxy groups -OCH3 is 2. The second kappa shape index (κ2) is 7.14. The van der Waals surface area contributed by atoms with Gasteiger partial charge in [-0.2, -0.15) is 0 Å². The highest BCUT2D eigenvalue weighted by Gasteiger charge is 2.10. The Morgan fingerprint density at radius 2 is 1.79 bits per heavy atom. The summed E-state index contributed by atoms with van der Waals surface area (Å²) in [5.74, 6) is 1.27. The van der Waals surface area contributed by atoms with Gasteiger partial charge in [-0.3, -0.25) is 10.1 Å². The van der Waals surface area contributed by atoms with Gasteiger partial charge in [-0.1, -0.05) is 12.1 Å². The largest absolute Gasteiger partial charge is 0.497 e. The number of rotatable bonds is 5. The van der Waals surface area contributed by atoms with Gasteiger partial charge >= 0.3 is 0 Å². The number of amides is 1. The molecule has 122 valence electrons. The van der Waals surface area contributed by atoms with Crippen molar-refractivity contribution in [3.63, 3.8) is 0 Å². The van der Waals surface area contributed by atoms with Gasteiger partial charge in [0.1, 0.15) is 11.5 Å². The van der Waals surface area contributed by atoms with E-state index in [0.717, 1.165) is 17.0 Å². The fraction of sp³-hybridized carbons (Fsp3) is 0.111. The maximum Gasteiger partial charge on any atom is 0.257 e. The zero-order valence-corrected chi connectivity index (χ0v) is 14.1. The molecule has 0 aliphatic heterocycles. The normalized spacial score (nSPS) is 10.2. The molecule has 3 rings (SSSR count). The topological polar surface area (TPSA) is 60.5 Å². The van der Waals surface area contributed by atoms with Crippen LogP contribution < -0.4 is 14.8 Å². The van der Waals surface area contributed by atoms with Crippen molar-refractivity contribution in [2.45, 2.75) is 0 Å². The summed E-state index contributed by atoms with van der Waals surface area (Å²) in [6.07, 6.45) is 0. The number of carbonyl (C=O) groups excluding carboxylic acids is 1. The monoisotopic (exact) mass is 340 g/mol. The van der Waals surface area contributed by atoms with E-state index >= 15 is 0 Å². The first-order valence-electron chi connectivity index (χ1n) is 7.25. The standard InChI is InChI=1S/C18H16N2O3S/c1-22-14-8-6-12(7-9-14)17(21)20-18-19-16(11-24-18)13-4-3-5-15(10-13)23-2/h3-11H,1-2H3,(H,19,20,21). The molecule has 5 nitrogen and oxygen atoms in total. The first kappa shape index (κ1) is 16.0. The molecule has 3 aromatic rings. The summed E-state index contributed by atoms with van der Waals surface area (Å²) in [6.45, 7) is 0. The minimum absolute atomic E-state index is 0.204. The molecule has 0 spiro atoms. The fourth-order valence-electron chi connectivity index (χ4n) is 2.16. The van der Waals surface area contributed by atoms with Crippen molar-refractivity contribution >= 4 is 22.4 Å². The minimum atomic E-state index is -0.204. The molecular weight excluding hydrogens is 324 g/mol. The lowest BCUT2D eigenvalue weighted by Gasteiger charge is -2.03. The fourth-order valence-corrected chi connectivity index (χ4v) is 2.87. The Morgan fingerprint density at radius 1 is 1.04 bits per heavy atom. The average Bonchev–Trinajstić information content (AvgIpc) is 3.10. The molecule has 0 saturated carbocycles. The lowest BCUT2D eigenvalue weighted by molar-refractivity contribution is 0.102. The van der Waals surface area contributed by atoms with Crippen molar-refractivity contribution in [1.29, 1.82) is 0 Å². The van der Waals surface area contributed by atoms with Gasteiger partial charge in [0.25, 0.3) is 5.91 Å². The maximum absolute atomic E-state index is 12.3. The van der Waals surface area contributed by atoms with E-state index in [-0.39, 0.29) is 5.91 Å². The molecule has 0 aliphatic rings. The van der Waals surface area contributed by atoms with Crippen molar-refractivity contribution in [2.24, 2.45) is 0 Å². The van der Waals surface area contributed by atoms with Crippen LogP contribution in [-0.4, -0.2) is 25.1 Å². The van der Waals surface area contributed by atoms with Crippen molar-refractivity contribution in [1.82, 2.24) is 4.98 Å². The number of nitrogens with zero attached hydrogens (tertiary/aromatic N) is 1. The van der Waals surface area contributed by atoms with Crippen LogP contribution in [0.5, 0.6) is 11.5 Å². The molecule has 0 bridgehead atoms. The van der Waals surface area contributed by atoms with Crippen molar-refractivity contribution < 1.29 is 14.3 Å². The molecule has 0 radical (unpaired) electrons. The van der Waals surface area contributed by atoms with Crippen LogP contribution in [0.15, 0.2) is 53.9 Å². The van der Waals surface area contributed by atoms with Crippen LogP contribution in [-0.2, 0) is 0 Å². The van der Waals surface area contributed by atoms with Crippen LogP contribution in [0.25, 0.3) is 11.3 Å². The third kappa shape index (κ3) is 3.55. The van der Waals surface area contributed by atoms with E-state index in [4.69, 9.17) is 9.47 Å². The number of thiazole rings is 1. The quantitative estimate of drug-likeness (QED) is 0.760. The van der Waals surface area contributed by atoms with E-state index in [1.54, 1.807) is 38.5 Å². The van der Waals surface area contributed by atoms with E-state index in [1.165, 1.54) is 11.3 Å². The van der Waals surface area contributed by atoms with Crippen LogP contribution in [0.3, 0.4) is 0 Å². The van der Waals surface area contributed by atoms with Crippen molar-refractivity contribution in [2.75, 3.05) is 19.5 Å². The predicted molar refractivity (Wildman–Crippen MR) is 95.0 cm³/mol. The highest BCUT2D eigenvalue weighted by molar-refractivity contribution is 7.14. The second-order valence-electron chi connectivity index (χ2n) is 4.95. The van der Waals surface area contributed by atoms with E-state index in [0.29, 0.717) is 16.4 Å². The third-order valence-corrected chi connectivity index (χ3v) is 4.20. The number of nitrogens with one attached hydrogen (secondary N) is 1. The number of hydrogen-bond donors (Lipinski definition) is 1. The lowest BCUT2D eigenvalue weighted by Crippen LogP contribution is -2.11. The average molecular weight is 340 g/mol. The summed E-state index contributed by atoms with van der Waals surface area (Å²) in [7, 11) is 3.21. The maximum atomic E-state index is 12.3. The summed E-state index contributed by atoms with van der Waals surface area (Å²) < 4.78 is 10.3. The Kier molecular flexibility index (Phi) is 4.77. The number of benzene rings is 2. The van der Waals surface area contributed by atoms with Gasteiger partial charge in [0.15, 0.2) is 5.13 Å². The number of aromatic nitrogens is 1. The van der Waals surface area contributed by atoms with Crippen molar-refractivity contribution in [3.8, 4) is 22.8 Å². The summed E-state index contributed by atoms with van der Waals surface area (Å²) in [5, 5.41) is 5.26. The Morgan fingerprint density at radius 3 is 2.50 bits per heavy atom. The van der Waals surface area contributed by atoms with Crippen LogP contribution >= 0.6 is 11.3 Å². The number of anilines is 1. The molecule has 1 aromatic heterocycles. The molecular formula is C18H16N2O3S. The van der Waals surface area contributed by atoms with E-state index in [9.17, 15) is 4.79 Å². The van der Waals surface area contributed by atoms with Crippen molar-refractivity contribution in [3.05, 3.63) is 59.5 Å². The van der Waals surface area contributed by atoms with Gasteiger partial charge in [0.2, 0.25) is 0 Å². The van der Waals surface area contributed by atoms with Gasteiger partial charge in [-0.25, -0.2) is 4.98 Å². The molecule has 2 aromatic carbocycles. The molecule has 6 heteroatoms. The van der Waals surface area contributed by atoms with Gasteiger partial charge in [0.05, 0.1) is 19.9 Å². The zero-order chi connectivity index (χ0) is 16.9. The predicted octanol–water partition coefficient (Wildman–Crippen LogP) is 4.08. The van der Waals surface area contributed by atoms with E-state index in [2.05, 4.69) is 10.3 Å². The SMILES string of the molecule is COc1ccc(C(=O)Nc2nc(-c3cccc(OC)c3)cs2)cc1. The van der Waals surface area contributed by atoms with E-state index in [1.807, 2.05) is 29.6 Å². The number of hydrogen-bond acceptors (Lipinski definition) is 5. The summed E-state index contributed by atoms with van der Waals surface area (Å²) in [5.41, 5.74) is 2.29. The summed E-state index contributed by atoms with van der Waals surface area (Å²) >= 11 is 1.38. The second-order valence-corrected chi connectivity index (χ2v) is 5.81. The molecule has 0 saturated heterocycles. The first-order valence-corrected chi connectivity index (χ1v) is 8.13. The minimum Gasteiger partial charge on any atom is -0.497 e. The third-order valence-electron chi connectivity index (χ3n) is 3.44. The molecule has 0 atom stereocenters. The summed E-state index contributed by atoms with van der Waals surface area (Å²) in [6, 6.07) is 14.6.